The van der Waals surface area contributed by atoms with Crippen molar-refractivity contribution in [1.29, 1.82) is 0 Å². The highest BCUT2D eigenvalue weighted by molar-refractivity contribution is 4.53. The van der Waals surface area contributed by atoms with Crippen LogP contribution in [0, 0.1) is 6.54 Å². The third-order valence-electron chi connectivity index (χ3n) is 1.75. The molecule has 0 bridgehead atoms. The zero-order valence-corrected chi connectivity index (χ0v) is 6.18. The first kappa shape index (κ1) is 7.03. The maximum absolute atomic E-state index is 5.44. The molecule has 2 nitrogen and oxygen atoms in total. The Morgan fingerprint density at radius 2 is 2.44 bits per heavy atom. The Morgan fingerprint density at radius 1 is 1.67 bits per heavy atom. The van der Waals surface area contributed by atoms with Gasteiger partial charge in [0.2, 0.25) is 0 Å². The monoisotopic (exact) mass is 128 g/mol. The highest BCUT2D eigenvalue weighted by Gasteiger charge is 2.27. The molecule has 2 radical (unpaired) electrons. The van der Waals surface area contributed by atoms with E-state index in [-0.39, 0.29) is 0 Å². The molecule has 1 heterocycles. The molecule has 0 saturated carbocycles. The van der Waals surface area contributed by atoms with Crippen LogP contribution in [0.1, 0.15) is 19.8 Å². The largest absolute Gasteiger partial charge is 0.257 e. The van der Waals surface area contributed by atoms with Gasteiger partial charge in [0, 0.05) is 6.42 Å². The average Bonchev–Trinajstić information content (AvgIpc) is 1.90. The first-order valence-corrected chi connectivity index (χ1v) is 3.52. The number of hydrogen-bond acceptors (Lipinski definition) is 1. The molecular weight excluding hydrogens is 114 g/mol. The predicted octanol–water partition coefficient (Wildman–Crippen LogP) is 1.22. The molecule has 1 rings (SSSR count). The van der Waals surface area contributed by atoms with Crippen molar-refractivity contribution in [2.24, 2.45) is 0 Å². The van der Waals surface area contributed by atoms with Crippen molar-refractivity contribution in [3.8, 4) is 0 Å². The number of hydrogen-bond donors (Lipinski definition) is 0. The summed E-state index contributed by atoms with van der Waals surface area (Å²) in [4.78, 5) is 5.44. The summed E-state index contributed by atoms with van der Waals surface area (Å²) in [5.74, 6) is 0. The van der Waals surface area contributed by atoms with Gasteiger partial charge in [-0.2, -0.15) is 4.65 Å². The maximum atomic E-state index is 5.44. The van der Waals surface area contributed by atoms with Gasteiger partial charge in [-0.3, -0.25) is 0 Å². The van der Waals surface area contributed by atoms with Crippen molar-refractivity contribution in [3.05, 3.63) is 6.54 Å². The van der Waals surface area contributed by atoms with Gasteiger partial charge < -0.3 is 0 Å². The number of quaternary nitrogens is 1. The van der Waals surface area contributed by atoms with Gasteiger partial charge in [0.15, 0.2) is 0 Å². The lowest BCUT2D eigenvalue weighted by Crippen LogP contribution is -2.43. The third-order valence-corrected chi connectivity index (χ3v) is 1.75. The molecule has 9 heavy (non-hydrogen) atoms. The minimum Gasteiger partial charge on any atom is -0.202 e. The Morgan fingerprint density at radius 3 is 2.78 bits per heavy atom. The summed E-state index contributed by atoms with van der Waals surface area (Å²) in [7, 11) is 2.04. The molecule has 0 aromatic heterocycles. The smallest absolute Gasteiger partial charge is 0.202 e. The molecule has 1 fully saturated rings. The van der Waals surface area contributed by atoms with Crippen molar-refractivity contribution in [3.63, 3.8) is 0 Å². The maximum Gasteiger partial charge on any atom is 0.257 e. The Balaban J connectivity index is 2.37. The van der Waals surface area contributed by atoms with E-state index in [1.807, 2.05) is 7.05 Å². The second-order valence-corrected chi connectivity index (χ2v) is 2.51. The second-order valence-electron chi connectivity index (χ2n) is 2.51. The summed E-state index contributed by atoms with van der Waals surface area (Å²) in [5, 5.41) is 0. The van der Waals surface area contributed by atoms with Crippen molar-refractivity contribution in [2.75, 3.05) is 20.2 Å². The highest BCUT2D eigenvalue weighted by Crippen LogP contribution is 2.17. The van der Waals surface area contributed by atoms with E-state index in [1.165, 1.54) is 0 Å². The average molecular weight is 128 g/mol. The Bertz CT molecular complexity index is 86.9. The number of hydroxylamine groups is 3. The molecule has 1 saturated heterocycles. The molecule has 1 unspecified atom stereocenters. The van der Waals surface area contributed by atoms with Crippen molar-refractivity contribution in [1.82, 2.24) is 0 Å². The molecular formula is C7H14NO+. The zero-order valence-electron chi connectivity index (χ0n) is 6.18. The van der Waals surface area contributed by atoms with Gasteiger partial charge in [0.1, 0.15) is 13.2 Å². The lowest BCUT2D eigenvalue weighted by Gasteiger charge is -2.30. The lowest BCUT2D eigenvalue weighted by atomic mass is 10.3. The Kier molecular flexibility index (Phi) is 2.09. The van der Waals surface area contributed by atoms with Crippen LogP contribution in [-0.2, 0) is 4.84 Å². The van der Waals surface area contributed by atoms with Crippen LogP contribution in [0.2, 0.25) is 0 Å². The van der Waals surface area contributed by atoms with Gasteiger partial charge >= 0.3 is 0 Å². The van der Waals surface area contributed by atoms with Gasteiger partial charge in [-0.15, -0.1) is 0 Å². The van der Waals surface area contributed by atoms with Gasteiger partial charge in [0.05, 0.1) is 7.05 Å². The van der Waals surface area contributed by atoms with Gasteiger partial charge in [0.25, 0.3) is 6.54 Å². The molecule has 0 N–H and O–H groups in total. The van der Waals surface area contributed by atoms with Gasteiger partial charge in [-0.05, 0) is 13.3 Å². The normalized spacial score (nSPS) is 36.7. The first-order valence-electron chi connectivity index (χ1n) is 3.52. The summed E-state index contributed by atoms with van der Waals surface area (Å²) in [5.41, 5.74) is 0. The molecule has 0 spiro atoms. The fourth-order valence-corrected chi connectivity index (χ4v) is 0.902. The van der Waals surface area contributed by atoms with Crippen LogP contribution < -0.4 is 0 Å². The molecule has 1 atom stereocenters. The minimum atomic E-state index is 0.569. The van der Waals surface area contributed by atoms with Crippen LogP contribution in [-0.4, -0.2) is 24.8 Å². The molecule has 0 amide bonds. The van der Waals surface area contributed by atoms with Crippen LogP contribution >= 0.6 is 0 Å². The van der Waals surface area contributed by atoms with E-state index in [0.29, 0.717) is 4.65 Å². The Labute approximate surface area is 57.0 Å². The van der Waals surface area contributed by atoms with E-state index < -0.39 is 0 Å². The van der Waals surface area contributed by atoms with Crippen LogP contribution in [0.3, 0.4) is 0 Å². The second kappa shape index (κ2) is 2.67. The highest BCUT2D eigenvalue weighted by atomic mass is 16.7. The molecule has 1 aliphatic rings. The molecule has 2 heteroatoms. The van der Waals surface area contributed by atoms with Gasteiger partial charge in [-0.1, -0.05) is 0 Å². The summed E-state index contributed by atoms with van der Waals surface area (Å²) >= 11 is 0. The fourth-order valence-electron chi connectivity index (χ4n) is 0.902. The van der Waals surface area contributed by atoms with E-state index in [1.54, 1.807) is 0 Å². The third kappa shape index (κ3) is 1.66. The summed E-state index contributed by atoms with van der Waals surface area (Å²) in [6, 6.07) is 0. The van der Waals surface area contributed by atoms with E-state index in [4.69, 9.17) is 4.84 Å². The summed E-state index contributed by atoms with van der Waals surface area (Å²) < 4.78 is 0.569. The van der Waals surface area contributed by atoms with E-state index >= 15 is 0 Å². The van der Waals surface area contributed by atoms with Crippen LogP contribution in [0.15, 0.2) is 0 Å². The number of nitrogens with zero attached hydrogens (tertiary/aromatic N) is 1. The molecule has 52 valence electrons. The standard InChI is InChI=1S/C7H14NO/c1-3-8(2)6-4-5-7-9-8/h3-5,7H2,1-2H3/q+1. The van der Waals surface area contributed by atoms with E-state index in [2.05, 4.69) is 13.5 Å². The van der Waals surface area contributed by atoms with E-state index in [0.717, 1.165) is 26.0 Å². The number of rotatable bonds is 1. The lowest BCUT2D eigenvalue weighted by molar-refractivity contribution is -1.07. The molecule has 0 aromatic rings. The van der Waals surface area contributed by atoms with Crippen LogP contribution in [0.5, 0.6) is 0 Å². The van der Waals surface area contributed by atoms with Crippen LogP contribution in [0.25, 0.3) is 0 Å². The first-order chi connectivity index (χ1) is 4.27. The zero-order chi connectivity index (χ0) is 6.74. The predicted molar refractivity (Wildman–Crippen MR) is 35.2 cm³/mol. The van der Waals surface area contributed by atoms with Crippen molar-refractivity contribution in [2.45, 2.75) is 19.8 Å². The molecule has 0 aromatic carbocycles. The van der Waals surface area contributed by atoms with Gasteiger partial charge in [-0.25, -0.2) is 4.84 Å². The van der Waals surface area contributed by atoms with Crippen molar-refractivity contribution >= 4 is 0 Å². The molecule has 0 aliphatic carbocycles. The van der Waals surface area contributed by atoms with E-state index in [9.17, 15) is 0 Å². The molecule has 1 aliphatic heterocycles. The summed E-state index contributed by atoms with van der Waals surface area (Å²) in [6.45, 7) is 7.24. The minimum absolute atomic E-state index is 0.569. The SMILES string of the molecule is CC[N+]1(C)[C]CCCO1. The topological polar surface area (TPSA) is 9.23 Å². The van der Waals surface area contributed by atoms with Crippen molar-refractivity contribution < 1.29 is 9.48 Å². The Hall–Kier alpha value is -0.0800. The summed E-state index contributed by atoms with van der Waals surface area (Å²) in [6.07, 6.45) is 2.21. The fraction of sp³-hybridized carbons (Fsp3) is 0.857. The van der Waals surface area contributed by atoms with Crippen LogP contribution in [0.4, 0.5) is 0 Å². The quantitative estimate of drug-likeness (QED) is 0.482.